The molecule has 0 fully saturated rings. The summed E-state index contributed by atoms with van der Waals surface area (Å²) in [6, 6.07) is 2.82. The molecular weight excluding hydrogens is 240 g/mol. The predicted molar refractivity (Wildman–Crippen MR) is 61.1 cm³/mol. The third-order valence-electron chi connectivity index (χ3n) is 2.18. The van der Waals surface area contributed by atoms with Crippen LogP contribution in [-0.4, -0.2) is 34.1 Å². The number of anilines is 1. The summed E-state index contributed by atoms with van der Waals surface area (Å²) < 4.78 is 0. The van der Waals surface area contributed by atoms with Crippen molar-refractivity contribution in [2.75, 3.05) is 18.0 Å². The van der Waals surface area contributed by atoms with Crippen molar-refractivity contribution in [2.24, 2.45) is 0 Å². The van der Waals surface area contributed by atoms with Gasteiger partial charge in [0.2, 0.25) is 5.82 Å². The van der Waals surface area contributed by atoms with Crippen LogP contribution < -0.4 is 4.90 Å². The quantitative estimate of drug-likeness (QED) is 0.605. The number of carboxylic acids is 1. The summed E-state index contributed by atoms with van der Waals surface area (Å²) in [6.07, 6.45) is 1.17. The van der Waals surface area contributed by atoms with Gasteiger partial charge in [-0.2, -0.15) is 5.26 Å². The molecule has 1 N–H and O–H groups in total. The first-order chi connectivity index (χ1) is 8.49. The largest absolute Gasteiger partial charge is 0.480 e. The molecule has 0 aliphatic carbocycles. The van der Waals surface area contributed by atoms with Gasteiger partial charge in [-0.1, -0.05) is 0 Å². The van der Waals surface area contributed by atoms with Crippen LogP contribution in [0.25, 0.3) is 0 Å². The molecule has 0 aliphatic heterocycles. The second-order valence-corrected chi connectivity index (χ2v) is 3.34. The second kappa shape index (κ2) is 5.58. The van der Waals surface area contributed by atoms with E-state index in [4.69, 9.17) is 10.4 Å². The van der Waals surface area contributed by atoms with Crippen LogP contribution in [-0.2, 0) is 4.79 Å². The van der Waals surface area contributed by atoms with Crippen molar-refractivity contribution in [3.8, 4) is 6.07 Å². The van der Waals surface area contributed by atoms with E-state index in [1.165, 1.54) is 11.1 Å². The summed E-state index contributed by atoms with van der Waals surface area (Å²) in [7, 11) is 0. The molecule has 8 heteroatoms. The fourth-order valence-electron chi connectivity index (χ4n) is 1.38. The SMILES string of the molecule is CCN(CC(=O)O)c1ncc(C#N)cc1[N+](=O)[O-]. The summed E-state index contributed by atoms with van der Waals surface area (Å²) >= 11 is 0. The normalized spacial score (nSPS) is 9.56. The molecule has 1 aromatic rings. The number of aromatic nitrogens is 1. The predicted octanol–water partition coefficient (Wildman–Crippen LogP) is 0.772. The Hall–Kier alpha value is -2.69. The Labute approximate surface area is 102 Å². The lowest BCUT2D eigenvalue weighted by molar-refractivity contribution is -0.384. The zero-order valence-corrected chi connectivity index (χ0v) is 9.53. The van der Waals surface area contributed by atoms with Crippen LogP contribution in [0, 0.1) is 21.4 Å². The van der Waals surface area contributed by atoms with Gasteiger partial charge < -0.3 is 10.0 Å². The van der Waals surface area contributed by atoms with Gasteiger partial charge in [0, 0.05) is 18.8 Å². The zero-order valence-electron chi connectivity index (χ0n) is 9.53. The molecule has 0 bridgehead atoms. The summed E-state index contributed by atoms with van der Waals surface area (Å²) in [4.78, 5) is 25.9. The Balaban J connectivity index is 3.25. The average molecular weight is 250 g/mol. The van der Waals surface area contributed by atoms with Gasteiger partial charge in [0.15, 0.2) is 0 Å². The van der Waals surface area contributed by atoms with E-state index in [1.54, 1.807) is 13.0 Å². The van der Waals surface area contributed by atoms with Gasteiger partial charge in [0.25, 0.3) is 0 Å². The minimum Gasteiger partial charge on any atom is -0.480 e. The summed E-state index contributed by atoms with van der Waals surface area (Å²) in [5, 5.41) is 28.2. The lowest BCUT2D eigenvalue weighted by Gasteiger charge is -2.18. The maximum absolute atomic E-state index is 10.9. The van der Waals surface area contributed by atoms with Gasteiger partial charge in [0.05, 0.1) is 10.5 Å². The number of hydrogen-bond acceptors (Lipinski definition) is 6. The first kappa shape index (κ1) is 13.4. The highest BCUT2D eigenvalue weighted by Gasteiger charge is 2.22. The lowest BCUT2D eigenvalue weighted by atomic mass is 10.2. The van der Waals surface area contributed by atoms with Gasteiger partial charge in [0.1, 0.15) is 12.6 Å². The molecule has 1 rings (SSSR count). The number of nitro groups is 1. The van der Waals surface area contributed by atoms with Crippen molar-refractivity contribution < 1.29 is 14.8 Å². The standard InChI is InChI=1S/C10H10N4O4/c1-2-13(6-9(15)16)10-8(14(17)18)3-7(4-11)5-12-10/h3,5H,2,6H2,1H3,(H,15,16). The molecule has 0 aromatic carbocycles. The molecule has 0 spiro atoms. The van der Waals surface area contributed by atoms with E-state index in [0.717, 1.165) is 6.07 Å². The van der Waals surface area contributed by atoms with E-state index in [0.29, 0.717) is 0 Å². The Morgan fingerprint density at radius 2 is 2.39 bits per heavy atom. The minimum atomic E-state index is -1.11. The first-order valence-corrected chi connectivity index (χ1v) is 5.00. The van der Waals surface area contributed by atoms with Crippen LogP contribution in [0.5, 0.6) is 0 Å². The van der Waals surface area contributed by atoms with Gasteiger partial charge in [-0.15, -0.1) is 0 Å². The summed E-state index contributed by atoms with van der Waals surface area (Å²) in [5.74, 6) is -1.17. The number of carboxylic acid groups (broad SMARTS) is 1. The van der Waals surface area contributed by atoms with Crippen LogP contribution in [0.15, 0.2) is 12.3 Å². The number of nitrogens with zero attached hydrogens (tertiary/aromatic N) is 4. The number of aliphatic carboxylic acids is 1. The van der Waals surface area contributed by atoms with Crippen LogP contribution in [0.1, 0.15) is 12.5 Å². The molecule has 1 heterocycles. The number of hydrogen-bond donors (Lipinski definition) is 1. The first-order valence-electron chi connectivity index (χ1n) is 5.00. The number of likely N-dealkylation sites (N-methyl/N-ethyl adjacent to an activating group) is 1. The van der Waals surface area contributed by atoms with E-state index in [-0.39, 0.29) is 23.6 Å². The van der Waals surface area contributed by atoms with Crippen molar-refractivity contribution in [1.29, 1.82) is 5.26 Å². The average Bonchev–Trinajstić information content (AvgIpc) is 2.34. The second-order valence-electron chi connectivity index (χ2n) is 3.34. The van der Waals surface area contributed by atoms with Crippen LogP contribution >= 0.6 is 0 Å². The smallest absolute Gasteiger partial charge is 0.323 e. The van der Waals surface area contributed by atoms with E-state index in [1.807, 2.05) is 0 Å². The Morgan fingerprint density at radius 3 is 2.83 bits per heavy atom. The van der Waals surface area contributed by atoms with E-state index in [9.17, 15) is 14.9 Å². The summed E-state index contributed by atoms with van der Waals surface area (Å²) in [6.45, 7) is 1.52. The Kier molecular flexibility index (Phi) is 4.15. The molecule has 8 nitrogen and oxygen atoms in total. The highest BCUT2D eigenvalue weighted by Crippen LogP contribution is 2.26. The van der Waals surface area contributed by atoms with Crippen LogP contribution in [0.4, 0.5) is 11.5 Å². The van der Waals surface area contributed by atoms with Gasteiger partial charge in [-0.05, 0) is 6.92 Å². The van der Waals surface area contributed by atoms with Crippen LogP contribution in [0.3, 0.4) is 0 Å². The third kappa shape index (κ3) is 2.91. The minimum absolute atomic E-state index is 0.0519. The topological polar surface area (TPSA) is 120 Å². The molecule has 0 radical (unpaired) electrons. The number of pyridine rings is 1. The van der Waals surface area contributed by atoms with Crippen molar-refractivity contribution >= 4 is 17.5 Å². The number of carbonyl (C=O) groups is 1. The molecule has 0 amide bonds. The van der Waals surface area contributed by atoms with Gasteiger partial charge in [-0.3, -0.25) is 14.9 Å². The Morgan fingerprint density at radius 1 is 1.72 bits per heavy atom. The molecule has 1 aromatic heterocycles. The van der Waals surface area contributed by atoms with Crippen molar-refractivity contribution in [3.63, 3.8) is 0 Å². The van der Waals surface area contributed by atoms with Crippen molar-refractivity contribution in [2.45, 2.75) is 6.92 Å². The zero-order chi connectivity index (χ0) is 13.7. The molecule has 0 aliphatic rings. The molecule has 18 heavy (non-hydrogen) atoms. The molecule has 0 unspecified atom stereocenters. The molecule has 0 saturated heterocycles. The highest BCUT2D eigenvalue weighted by atomic mass is 16.6. The van der Waals surface area contributed by atoms with E-state index < -0.39 is 17.4 Å². The highest BCUT2D eigenvalue weighted by molar-refractivity contribution is 5.75. The maximum Gasteiger partial charge on any atom is 0.323 e. The van der Waals surface area contributed by atoms with Crippen LogP contribution in [0.2, 0.25) is 0 Å². The summed E-state index contributed by atoms with van der Waals surface area (Å²) in [5.41, 5.74) is -0.325. The van der Waals surface area contributed by atoms with Gasteiger partial charge in [-0.25, -0.2) is 4.98 Å². The number of rotatable bonds is 5. The lowest BCUT2D eigenvalue weighted by Crippen LogP contribution is -2.30. The van der Waals surface area contributed by atoms with Gasteiger partial charge >= 0.3 is 11.7 Å². The fourth-order valence-corrected chi connectivity index (χ4v) is 1.38. The van der Waals surface area contributed by atoms with E-state index in [2.05, 4.69) is 4.98 Å². The van der Waals surface area contributed by atoms with Crippen molar-refractivity contribution in [3.05, 3.63) is 27.9 Å². The van der Waals surface area contributed by atoms with Crippen molar-refractivity contribution in [1.82, 2.24) is 4.98 Å². The maximum atomic E-state index is 10.9. The fraction of sp³-hybridized carbons (Fsp3) is 0.300. The molecule has 0 saturated carbocycles. The molecule has 0 atom stereocenters. The molecule has 94 valence electrons. The number of nitriles is 1. The van der Waals surface area contributed by atoms with E-state index >= 15 is 0 Å². The monoisotopic (exact) mass is 250 g/mol. The Bertz CT molecular complexity index is 523. The third-order valence-corrected chi connectivity index (χ3v) is 2.18. The molecular formula is C10H10N4O4.